The average molecular weight is 332 g/mol. The molecule has 0 aromatic heterocycles. The van der Waals surface area contributed by atoms with Crippen LogP contribution in [0.25, 0.3) is 0 Å². The van der Waals surface area contributed by atoms with E-state index in [1.807, 2.05) is 75.2 Å². The number of hydrogen-bond acceptors (Lipinski definition) is 3. The molecule has 0 heterocycles. The molecule has 1 N–H and O–H groups in total. The highest BCUT2D eigenvalue weighted by atomic mass is 32.2. The number of anilines is 1. The molecule has 5 heteroatoms. The van der Waals surface area contributed by atoms with Gasteiger partial charge in [-0.3, -0.25) is 0 Å². The van der Waals surface area contributed by atoms with Gasteiger partial charge in [0.1, 0.15) is 0 Å². The fourth-order valence-electron chi connectivity index (χ4n) is 2.82. The second-order valence-electron chi connectivity index (χ2n) is 5.88. The Labute approximate surface area is 139 Å². The molecule has 0 aliphatic heterocycles. The zero-order valence-electron chi connectivity index (χ0n) is 14.1. The summed E-state index contributed by atoms with van der Waals surface area (Å²) >= 11 is 0. The fourth-order valence-corrected chi connectivity index (χ4v) is 4.29. The summed E-state index contributed by atoms with van der Waals surface area (Å²) in [6.45, 7) is 6.61. The summed E-state index contributed by atoms with van der Waals surface area (Å²) in [4.78, 5) is 2.42. The van der Waals surface area contributed by atoms with Gasteiger partial charge in [0.25, 0.3) is 0 Å². The summed E-state index contributed by atoms with van der Waals surface area (Å²) in [7, 11) is -1.54. The van der Waals surface area contributed by atoms with E-state index in [1.165, 1.54) is 0 Å². The molecule has 0 aliphatic carbocycles. The van der Waals surface area contributed by atoms with E-state index in [0.717, 1.165) is 22.4 Å². The first-order chi connectivity index (χ1) is 10.8. The number of aryl methyl sites for hydroxylation is 3. The van der Waals surface area contributed by atoms with Gasteiger partial charge in [0.2, 0.25) is 10.0 Å². The lowest BCUT2D eigenvalue weighted by molar-refractivity contribution is 0.580. The number of hydrogen-bond donors (Lipinski definition) is 1. The molecule has 0 radical (unpaired) electrons. The molecule has 0 atom stereocenters. The Morgan fingerprint density at radius 2 is 1.57 bits per heavy atom. The van der Waals surface area contributed by atoms with Crippen LogP contribution in [0, 0.1) is 20.8 Å². The number of benzene rings is 2. The van der Waals surface area contributed by atoms with Gasteiger partial charge in [-0.25, -0.2) is 13.1 Å². The van der Waals surface area contributed by atoms with Gasteiger partial charge in [0, 0.05) is 25.8 Å². The topological polar surface area (TPSA) is 49.4 Å². The largest absolute Gasteiger partial charge is 0.373 e. The van der Waals surface area contributed by atoms with Gasteiger partial charge in [0.15, 0.2) is 0 Å². The molecule has 0 saturated carbocycles. The molecule has 0 bridgehead atoms. The molecule has 124 valence electrons. The van der Waals surface area contributed by atoms with Crippen LogP contribution >= 0.6 is 0 Å². The highest BCUT2D eigenvalue weighted by Crippen LogP contribution is 2.21. The van der Waals surface area contributed by atoms with Gasteiger partial charge in [-0.1, -0.05) is 35.9 Å². The van der Waals surface area contributed by atoms with Crippen molar-refractivity contribution in [2.75, 3.05) is 25.0 Å². The van der Waals surface area contributed by atoms with Crippen molar-refractivity contribution in [3.05, 3.63) is 59.2 Å². The first-order valence-electron chi connectivity index (χ1n) is 7.65. The lowest BCUT2D eigenvalue weighted by Crippen LogP contribution is -2.33. The van der Waals surface area contributed by atoms with E-state index in [2.05, 4.69) is 4.72 Å². The van der Waals surface area contributed by atoms with Gasteiger partial charge in [-0.2, -0.15) is 0 Å². The third kappa shape index (κ3) is 4.33. The minimum Gasteiger partial charge on any atom is -0.373 e. The highest BCUT2D eigenvalue weighted by molar-refractivity contribution is 7.89. The summed E-state index contributed by atoms with van der Waals surface area (Å²) in [6, 6.07) is 13.7. The van der Waals surface area contributed by atoms with Gasteiger partial charge in [-0.05, 0) is 44.0 Å². The minimum absolute atomic E-state index is 0.362. The summed E-state index contributed by atoms with van der Waals surface area (Å²) in [5, 5.41) is 0. The van der Waals surface area contributed by atoms with Gasteiger partial charge < -0.3 is 4.90 Å². The van der Waals surface area contributed by atoms with Crippen molar-refractivity contribution in [2.24, 2.45) is 0 Å². The number of rotatable bonds is 6. The number of para-hydroxylation sites is 1. The average Bonchev–Trinajstić information content (AvgIpc) is 2.46. The second-order valence-corrected chi connectivity index (χ2v) is 7.59. The summed E-state index contributed by atoms with van der Waals surface area (Å²) in [6.07, 6.45) is 0. The highest BCUT2D eigenvalue weighted by Gasteiger charge is 2.19. The van der Waals surface area contributed by atoms with Crippen LogP contribution in [0.1, 0.15) is 16.7 Å². The molecule has 0 saturated heterocycles. The second kappa shape index (κ2) is 7.15. The lowest BCUT2D eigenvalue weighted by Gasteiger charge is -2.20. The lowest BCUT2D eigenvalue weighted by atomic mass is 10.1. The third-order valence-corrected chi connectivity index (χ3v) is 5.58. The number of likely N-dealkylation sites (N-methyl/N-ethyl adjacent to an activating group) is 1. The molecule has 0 unspecified atom stereocenters. The van der Waals surface area contributed by atoms with Crippen LogP contribution in [-0.4, -0.2) is 28.6 Å². The zero-order valence-corrected chi connectivity index (χ0v) is 14.9. The van der Waals surface area contributed by atoms with Gasteiger partial charge in [-0.15, -0.1) is 0 Å². The Hall–Kier alpha value is -1.85. The Bertz CT molecular complexity index is 748. The first kappa shape index (κ1) is 17.5. The van der Waals surface area contributed by atoms with E-state index < -0.39 is 10.0 Å². The van der Waals surface area contributed by atoms with Crippen LogP contribution in [0.3, 0.4) is 0 Å². The van der Waals surface area contributed by atoms with Crippen molar-refractivity contribution in [2.45, 2.75) is 25.7 Å². The predicted octanol–water partition coefficient (Wildman–Crippen LogP) is 3.03. The number of sulfonamides is 1. The van der Waals surface area contributed by atoms with Gasteiger partial charge in [0.05, 0.1) is 4.90 Å². The maximum atomic E-state index is 12.6. The standard InChI is InChI=1S/C18H24N2O2S/c1-14-12-15(2)18(16(3)13-14)23(21,22)19-10-11-20(4)17-8-6-5-7-9-17/h5-9,12-13,19H,10-11H2,1-4H3. The minimum atomic E-state index is -3.49. The molecule has 0 fully saturated rings. The number of nitrogens with one attached hydrogen (secondary N) is 1. The van der Waals surface area contributed by atoms with Crippen molar-refractivity contribution < 1.29 is 8.42 Å². The van der Waals surface area contributed by atoms with Crippen molar-refractivity contribution in [1.82, 2.24) is 4.72 Å². The third-order valence-electron chi connectivity index (χ3n) is 3.81. The number of nitrogens with zero attached hydrogens (tertiary/aromatic N) is 1. The van der Waals surface area contributed by atoms with E-state index in [0.29, 0.717) is 18.0 Å². The van der Waals surface area contributed by atoms with Crippen LogP contribution in [0.15, 0.2) is 47.4 Å². The molecule has 4 nitrogen and oxygen atoms in total. The first-order valence-corrected chi connectivity index (χ1v) is 9.13. The van der Waals surface area contributed by atoms with E-state index >= 15 is 0 Å². The van der Waals surface area contributed by atoms with E-state index in [9.17, 15) is 8.42 Å². The van der Waals surface area contributed by atoms with Crippen molar-refractivity contribution in [1.29, 1.82) is 0 Å². The smallest absolute Gasteiger partial charge is 0.241 e. The molecule has 0 amide bonds. The summed E-state index contributed by atoms with van der Waals surface area (Å²) in [5.41, 5.74) is 3.70. The van der Waals surface area contributed by atoms with Crippen molar-refractivity contribution >= 4 is 15.7 Å². The van der Waals surface area contributed by atoms with Crippen LogP contribution in [0.4, 0.5) is 5.69 Å². The Morgan fingerprint density at radius 3 is 2.13 bits per heavy atom. The quantitative estimate of drug-likeness (QED) is 0.884. The van der Waals surface area contributed by atoms with E-state index in [4.69, 9.17) is 0 Å². The SMILES string of the molecule is Cc1cc(C)c(S(=O)(=O)NCCN(C)c2ccccc2)c(C)c1. The van der Waals surface area contributed by atoms with Crippen LogP contribution in [0.5, 0.6) is 0 Å². The molecular weight excluding hydrogens is 308 g/mol. The molecule has 23 heavy (non-hydrogen) atoms. The Morgan fingerprint density at radius 1 is 1.00 bits per heavy atom. The van der Waals surface area contributed by atoms with Gasteiger partial charge >= 0.3 is 0 Å². The van der Waals surface area contributed by atoms with Crippen LogP contribution in [0.2, 0.25) is 0 Å². The maximum Gasteiger partial charge on any atom is 0.241 e. The molecular formula is C18H24N2O2S. The van der Waals surface area contributed by atoms with Crippen LogP contribution < -0.4 is 9.62 Å². The van der Waals surface area contributed by atoms with E-state index in [-0.39, 0.29) is 0 Å². The van der Waals surface area contributed by atoms with Crippen molar-refractivity contribution in [3.63, 3.8) is 0 Å². The molecule has 0 spiro atoms. The predicted molar refractivity (Wildman–Crippen MR) is 95.6 cm³/mol. The monoisotopic (exact) mass is 332 g/mol. The summed E-state index contributed by atoms with van der Waals surface area (Å²) in [5.74, 6) is 0. The molecule has 2 rings (SSSR count). The van der Waals surface area contributed by atoms with E-state index in [1.54, 1.807) is 0 Å². The fraction of sp³-hybridized carbons (Fsp3) is 0.333. The summed E-state index contributed by atoms with van der Waals surface area (Å²) < 4.78 is 27.9. The maximum absolute atomic E-state index is 12.6. The normalized spacial score (nSPS) is 11.5. The van der Waals surface area contributed by atoms with Crippen molar-refractivity contribution in [3.8, 4) is 0 Å². The molecule has 2 aromatic carbocycles. The zero-order chi connectivity index (χ0) is 17.0. The molecule has 2 aromatic rings. The molecule has 0 aliphatic rings. The Kier molecular flexibility index (Phi) is 5.44. The Balaban J connectivity index is 2.05. The van der Waals surface area contributed by atoms with Crippen LogP contribution in [-0.2, 0) is 10.0 Å².